The third kappa shape index (κ3) is 3.98. The number of nitro groups is 1. The predicted molar refractivity (Wildman–Crippen MR) is 99.5 cm³/mol. The van der Waals surface area contributed by atoms with Crippen LogP contribution in [0, 0.1) is 17.0 Å². The highest BCUT2D eigenvalue weighted by Crippen LogP contribution is 2.34. The molecule has 0 spiro atoms. The van der Waals surface area contributed by atoms with E-state index in [0.29, 0.717) is 11.4 Å². The molecule has 2 heterocycles. The first-order chi connectivity index (χ1) is 13.5. The Kier molecular flexibility index (Phi) is 5.35. The number of aromatic nitrogens is 2. The van der Waals surface area contributed by atoms with Crippen molar-refractivity contribution < 1.29 is 18.9 Å². The summed E-state index contributed by atoms with van der Waals surface area (Å²) in [6.07, 6.45) is 2.46. The van der Waals surface area contributed by atoms with Crippen LogP contribution in [0.15, 0.2) is 47.3 Å². The Morgan fingerprint density at radius 2 is 2.04 bits per heavy atom. The second-order valence-electron chi connectivity index (χ2n) is 5.56. The second kappa shape index (κ2) is 8.03. The molecule has 3 N–H and O–H groups in total. The third-order valence-corrected chi connectivity index (χ3v) is 3.65. The van der Waals surface area contributed by atoms with Crippen molar-refractivity contribution in [3.8, 4) is 5.75 Å². The molecule has 0 aliphatic rings. The fourth-order valence-electron chi connectivity index (χ4n) is 2.37. The number of nitrogens with one attached hydrogen (secondary N) is 3. The van der Waals surface area contributed by atoms with Gasteiger partial charge in [0, 0.05) is 0 Å². The number of rotatable bonds is 7. The van der Waals surface area contributed by atoms with Gasteiger partial charge in [-0.05, 0) is 36.8 Å². The molecule has 0 aliphatic heterocycles. The van der Waals surface area contributed by atoms with Crippen molar-refractivity contribution in [1.82, 2.24) is 15.4 Å². The Morgan fingerprint density at radius 1 is 1.25 bits per heavy atom. The van der Waals surface area contributed by atoms with Crippen LogP contribution >= 0.6 is 0 Å². The molecular formula is C17H16N6O5. The van der Waals surface area contributed by atoms with E-state index in [-0.39, 0.29) is 17.4 Å². The average Bonchev–Trinajstić information content (AvgIpc) is 3.21. The highest BCUT2D eigenvalue weighted by atomic mass is 16.6. The number of amides is 1. The lowest BCUT2D eigenvalue weighted by atomic mass is 10.2. The molecule has 1 amide bonds. The highest BCUT2D eigenvalue weighted by Gasteiger charge is 2.24. The number of hydrazine groups is 1. The quantitative estimate of drug-likeness (QED) is 0.413. The zero-order valence-corrected chi connectivity index (χ0v) is 14.9. The minimum Gasteiger partial charge on any atom is -0.495 e. The molecule has 0 aliphatic carbocycles. The summed E-state index contributed by atoms with van der Waals surface area (Å²) in [5.74, 6) is -0.369. The lowest BCUT2D eigenvalue weighted by Crippen LogP contribution is -2.30. The predicted octanol–water partition coefficient (Wildman–Crippen LogP) is 2.80. The number of methoxy groups -OCH3 is 1. The maximum atomic E-state index is 11.9. The van der Waals surface area contributed by atoms with Gasteiger partial charge < -0.3 is 14.5 Å². The van der Waals surface area contributed by atoms with Gasteiger partial charge >= 0.3 is 11.6 Å². The van der Waals surface area contributed by atoms with E-state index in [9.17, 15) is 14.9 Å². The zero-order valence-electron chi connectivity index (χ0n) is 14.9. The monoisotopic (exact) mass is 384 g/mol. The summed E-state index contributed by atoms with van der Waals surface area (Å²) < 4.78 is 10.2. The Bertz CT molecular complexity index is 1010. The molecule has 0 atom stereocenters. The van der Waals surface area contributed by atoms with Gasteiger partial charge in [-0.2, -0.15) is 0 Å². The summed E-state index contributed by atoms with van der Waals surface area (Å²) in [7, 11) is 1.49. The smallest absolute Gasteiger partial charge is 0.355 e. The van der Waals surface area contributed by atoms with Crippen molar-refractivity contribution in [2.75, 3.05) is 17.9 Å². The molecule has 3 rings (SSSR count). The van der Waals surface area contributed by atoms with Gasteiger partial charge in [0.15, 0.2) is 5.76 Å². The molecule has 0 bridgehead atoms. The van der Waals surface area contributed by atoms with Gasteiger partial charge in [-0.1, -0.05) is 6.07 Å². The number of hydrogen-bond acceptors (Lipinski definition) is 9. The standard InChI is InChI=1S/C17H16N6O5/c1-10-5-6-12(27-2)11(8-10)20-15-14(23(25)26)16(19-9-18-15)21-22-17(24)13-4-3-7-28-13/h3-9H,1-2H3,(H,22,24)(H2,18,19,20,21). The molecule has 2 aromatic heterocycles. The van der Waals surface area contributed by atoms with Gasteiger partial charge in [0.1, 0.15) is 12.1 Å². The van der Waals surface area contributed by atoms with Crippen LogP contribution in [-0.2, 0) is 0 Å². The molecule has 0 saturated carbocycles. The Balaban J connectivity index is 1.88. The lowest BCUT2D eigenvalue weighted by molar-refractivity contribution is -0.383. The summed E-state index contributed by atoms with van der Waals surface area (Å²) in [6.45, 7) is 1.87. The number of benzene rings is 1. The first kappa shape index (κ1) is 18.6. The molecule has 0 radical (unpaired) electrons. The van der Waals surface area contributed by atoms with E-state index >= 15 is 0 Å². The molecule has 3 aromatic rings. The van der Waals surface area contributed by atoms with Crippen LogP contribution in [0.3, 0.4) is 0 Å². The van der Waals surface area contributed by atoms with Crippen LogP contribution in [-0.4, -0.2) is 27.9 Å². The SMILES string of the molecule is COc1ccc(C)cc1Nc1ncnc(NNC(=O)c2ccco2)c1[N+](=O)[O-]. The van der Waals surface area contributed by atoms with Gasteiger partial charge in [0.2, 0.25) is 11.6 Å². The first-order valence-corrected chi connectivity index (χ1v) is 8.00. The maximum absolute atomic E-state index is 11.9. The first-order valence-electron chi connectivity index (χ1n) is 8.00. The van der Waals surface area contributed by atoms with Crippen LogP contribution in [0.4, 0.5) is 23.0 Å². The van der Waals surface area contributed by atoms with Crippen molar-refractivity contribution in [2.45, 2.75) is 6.92 Å². The van der Waals surface area contributed by atoms with E-state index in [1.54, 1.807) is 18.2 Å². The fourth-order valence-corrected chi connectivity index (χ4v) is 2.37. The molecule has 0 saturated heterocycles. The Labute approximate surface area is 158 Å². The van der Waals surface area contributed by atoms with Gasteiger partial charge in [0.05, 0.1) is 24.0 Å². The third-order valence-electron chi connectivity index (χ3n) is 3.65. The minimum absolute atomic E-state index is 0.0343. The summed E-state index contributed by atoms with van der Waals surface area (Å²) in [5.41, 5.74) is 5.68. The van der Waals surface area contributed by atoms with Crippen LogP contribution in [0.2, 0.25) is 0 Å². The molecule has 1 aromatic carbocycles. The maximum Gasteiger partial charge on any atom is 0.355 e. The zero-order chi connectivity index (χ0) is 20.1. The molecular weight excluding hydrogens is 368 g/mol. The molecule has 28 heavy (non-hydrogen) atoms. The largest absolute Gasteiger partial charge is 0.495 e. The van der Waals surface area contributed by atoms with E-state index < -0.39 is 16.5 Å². The lowest BCUT2D eigenvalue weighted by Gasteiger charge is -2.13. The van der Waals surface area contributed by atoms with Gasteiger partial charge in [-0.3, -0.25) is 25.8 Å². The van der Waals surface area contributed by atoms with Crippen molar-refractivity contribution in [2.24, 2.45) is 0 Å². The summed E-state index contributed by atoms with van der Waals surface area (Å²) >= 11 is 0. The van der Waals surface area contributed by atoms with Crippen molar-refractivity contribution in [1.29, 1.82) is 0 Å². The molecule has 0 fully saturated rings. The van der Waals surface area contributed by atoms with Crippen LogP contribution in [0.25, 0.3) is 0 Å². The normalized spacial score (nSPS) is 10.2. The van der Waals surface area contributed by atoms with Gasteiger partial charge in [-0.25, -0.2) is 9.97 Å². The molecule has 0 unspecified atom stereocenters. The number of ether oxygens (including phenoxy) is 1. The molecule has 11 heteroatoms. The number of hydrogen-bond donors (Lipinski definition) is 3. The van der Waals surface area contributed by atoms with Crippen molar-refractivity contribution in [3.63, 3.8) is 0 Å². The number of nitrogens with zero attached hydrogens (tertiary/aromatic N) is 3. The second-order valence-corrected chi connectivity index (χ2v) is 5.56. The number of aryl methyl sites for hydroxylation is 1. The topological polar surface area (TPSA) is 144 Å². The average molecular weight is 384 g/mol. The summed E-state index contributed by atoms with van der Waals surface area (Å²) in [6, 6.07) is 8.32. The van der Waals surface area contributed by atoms with E-state index in [1.807, 2.05) is 13.0 Å². The van der Waals surface area contributed by atoms with E-state index in [4.69, 9.17) is 9.15 Å². The van der Waals surface area contributed by atoms with Gasteiger partial charge in [0.25, 0.3) is 0 Å². The molecule has 144 valence electrons. The van der Waals surface area contributed by atoms with Crippen molar-refractivity contribution in [3.05, 3.63) is 64.4 Å². The molecule has 11 nitrogen and oxygen atoms in total. The number of anilines is 3. The number of carbonyl (C=O) groups excluding carboxylic acids is 1. The van der Waals surface area contributed by atoms with Gasteiger partial charge in [-0.15, -0.1) is 0 Å². The Hall–Kier alpha value is -4.15. The van der Waals surface area contributed by atoms with E-state index in [1.165, 1.54) is 19.4 Å². The number of furan rings is 1. The summed E-state index contributed by atoms with van der Waals surface area (Å²) in [5, 5.41) is 14.5. The van der Waals surface area contributed by atoms with E-state index in [0.717, 1.165) is 11.9 Å². The highest BCUT2D eigenvalue weighted by molar-refractivity contribution is 5.92. The summed E-state index contributed by atoms with van der Waals surface area (Å²) in [4.78, 5) is 30.7. The van der Waals surface area contributed by atoms with E-state index in [2.05, 4.69) is 26.1 Å². The minimum atomic E-state index is -0.661. The van der Waals surface area contributed by atoms with Crippen LogP contribution < -0.4 is 20.9 Å². The number of carbonyl (C=O) groups is 1. The Morgan fingerprint density at radius 3 is 2.71 bits per heavy atom. The van der Waals surface area contributed by atoms with Crippen LogP contribution in [0.1, 0.15) is 16.1 Å². The fraction of sp³-hybridized carbons (Fsp3) is 0.118. The van der Waals surface area contributed by atoms with Crippen molar-refractivity contribution >= 4 is 28.9 Å². The van der Waals surface area contributed by atoms with Crippen LogP contribution in [0.5, 0.6) is 5.75 Å².